The zero-order chi connectivity index (χ0) is 12.0. The number of carbonyl (C=O) groups is 1. The molecule has 0 amide bonds. The van der Waals surface area contributed by atoms with Gasteiger partial charge in [-0.3, -0.25) is 0 Å². The van der Waals surface area contributed by atoms with Crippen LogP contribution >= 0.6 is 11.8 Å². The van der Waals surface area contributed by atoms with Crippen LogP contribution in [0.1, 0.15) is 22.8 Å². The Morgan fingerprint density at radius 1 is 1.50 bits per heavy atom. The van der Waals surface area contributed by atoms with E-state index < -0.39 is 5.97 Å². The predicted molar refractivity (Wildman–Crippen MR) is 66.6 cm³/mol. The van der Waals surface area contributed by atoms with Gasteiger partial charge in [-0.2, -0.15) is 11.8 Å². The van der Waals surface area contributed by atoms with Crippen molar-refractivity contribution in [3.8, 4) is 5.75 Å². The molecular formula is C12H16O3S. The van der Waals surface area contributed by atoms with Gasteiger partial charge in [-0.15, -0.1) is 0 Å². The van der Waals surface area contributed by atoms with Gasteiger partial charge in [0.05, 0.1) is 6.61 Å². The van der Waals surface area contributed by atoms with Crippen LogP contribution in [-0.2, 0) is 0 Å². The van der Waals surface area contributed by atoms with E-state index in [1.165, 1.54) is 0 Å². The summed E-state index contributed by atoms with van der Waals surface area (Å²) in [5.41, 5.74) is 1.23. The van der Waals surface area contributed by atoms with Crippen LogP contribution in [0.2, 0.25) is 0 Å². The van der Waals surface area contributed by atoms with E-state index in [4.69, 9.17) is 9.84 Å². The van der Waals surface area contributed by atoms with Crippen molar-refractivity contribution in [3.05, 3.63) is 29.3 Å². The third-order valence-corrected chi connectivity index (χ3v) is 2.92. The minimum Gasteiger partial charge on any atom is -0.492 e. The molecule has 0 aliphatic carbocycles. The number of thioether (sulfide) groups is 1. The Morgan fingerprint density at radius 3 is 2.88 bits per heavy atom. The minimum atomic E-state index is -0.946. The van der Waals surface area contributed by atoms with Crippen LogP contribution in [0.5, 0.6) is 5.75 Å². The highest BCUT2D eigenvalue weighted by Crippen LogP contribution is 2.20. The van der Waals surface area contributed by atoms with Gasteiger partial charge in [0, 0.05) is 5.75 Å². The van der Waals surface area contributed by atoms with Crippen LogP contribution in [0.15, 0.2) is 18.2 Å². The lowest BCUT2D eigenvalue weighted by molar-refractivity contribution is 0.0692. The summed E-state index contributed by atoms with van der Waals surface area (Å²) in [6, 6.07) is 5.12. The van der Waals surface area contributed by atoms with Crippen molar-refractivity contribution in [2.45, 2.75) is 13.8 Å². The molecule has 16 heavy (non-hydrogen) atoms. The van der Waals surface area contributed by atoms with Gasteiger partial charge in [0.1, 0.15) is 11.3 Å². The fraction of sp³-hybridized carbons (Fsp3) is 0.417. The Kier molecular flexibility index (Phi) is 5.19. The number of rotatable bonds is 6. The summed E-state index contributed by atoms with van der Waals surface area (Å²) in [5, 5.41) is 8.97. The molecule has 1 N–H and O–H groups in total. The maximum absolute atomic E-state index is 10.9. The largest absolute Gasteiger partial charge is 0.492 e. The van der Waals surface area contributed by atoms with E-state index in [0.717, 1.165) is 17.1 Å². The van der Waals surface area contributed by atoms with Crippen molar-refractivity contribution in [1.82, 2.24) is 0 Å². The summed E-state index contributed by atoms with van der Waals surface area (Å²) in [5.74, 6) is 1.44. The van der Waals surface area contributed by atoms with E-state index in [1.54, 1.807) is 30.0 Å². The topological polar surface area (TPSA) is 46.5 Å². The number of carboxylic acids is 1. The smallest absolute Gasteiger partial charge is 0.339 e. The molecule has 0 heterocycles. The maximum atomic E-state index is 10.9. The molecule has 1 aromatic carbocycles. The summed E-state index contributed by atoms with van der Waals surface area (Å²) < 4.78 is 5.48. The van der Waals surface area contributed by atoms with Crippen LogP contribution in [0.4, 0.5) is 0 Å². The van der Waals surface area contributed by atoms with Crippen LogP contribution < -0.4 is 4.74 Å². The minimum absolute atomic E-state index is 0.229. The Hall–Kier alpha value is -1.16. The second-order valence-corrected chi connectivity index (χ2v) is 4.74. The summed E-state index contributed by atoms with van der Waals surface area (Å²) in [6.07, 6.45) is 0. The zero-order valence-electron chi connectivity index (χ0n) is 9.53. The van der Waals surface area contributed by atoms with E-state index in [2.05, 4.69) is 6.92 Å². The highest BCUT2D eigenvalue weighted by atomic mass is 32.2. The van der Waals surface area contributed by atoms with Crippen molar-refractivity contribution in [1.29, 1.82) is 0 Å². The van der Waals surface area contributed by atoms with Gasteiger partial charge in [-0.1, -0.05) is 13.0 Å². The third-order valence-electron chi connectivity index (χ3n) is 2.06. The summed E-state index contributed by atoms with van der Waals surface area (Å²) in [4.78, 5) is 10.9. The molecule has 0 fully saturated rings. The Balaban J connectivity index is 2.68. The van der Waals surface area contributed by atoms with E-state index in [9.17, 15) is 4.79 Å². The Bertz CT molecular complexity index is 363. The number of hydrogen-bond acceptors (Lipinski definition) is 3. The molecule has 88 valence electrons. The number of aromatic carboxylic acids is 1. The zero-order valence-corrected chi connectivity index (χ0v) is 10.3. The van der Waals surface area contributed by atoms with Gasteiger partial charge in [0.15, 0.2) is 0 Å². The van der Waals surface area contributed by atoms with Gasteiger partial charge >= 0.3 is 5.97 Å². The first-order chi connectivity index (χ1) is 7.65. The Labute approximate surface area is 99.8 Å². The van der Waals surface area contributed by atoms with E-state index >= 15 is 0 Å². The fourth-order valence-corrected chi connectivity index (χ4v) is 1.77. The second kappa shape index (κ2) is 6.43. The van der Waals surface area contributed by atoms with Crippen LogP contribution in [0, 0.1) is 6.92 Å². The molecule has 0 saturated heterocycles. The molecule has 0 aromatic heterocycles. The highest BCUT2D eigenvalue weighted by molar-refractivity contribution is 7.99. The van der Waals surface area contributed by atoms with Crippen LogP contribution in [-0.4, -0.2) is 29.2 Å². The molecule has 1 aromatic rings. The van der Waals surface area contributed by atoms with E-state index in [0.29, 0.717) is 12.4 Å². The molecule has 0 spiro atoms. The molecule has 0 aliphatic heterocycles. The molecule has 4 heteroatoms. The maximum Gasteiger partial charge on any atom is 0.339 e. The highest BCUT2D eigenvalue weighted by Gasteiger charge is 2.10. The van der Waals surface area contributed by atoms with Gasteiger partial charge in [-0.25, -0.2) is 4.79 Å². The standard InChI is InChI=1S/C12H16O3S/c1-3-16-7-6-15-11-8-9(2)4-5-10(11)12(13)14/h4-5,8H,3,6-7H2,1-2H3,(H,13,14). The first kappa shape index (κ1) is 12.9. The summed E-state index contributed by atoms with van der Waals surface area (Å²) in [7, 11) is 0. The third kappa shape index (κ3) is 3.77. The number of hydrogen-bond donors (Lipinski definition) is 1. The van der Waals surface area contributed by atoms with Crippen molar-refractivity contribution < 1.29 is 14.6 Å². The first-order valence-electron chi connectivity index (χ1n) is 5.19. The number of aryl methyl sites for hydroxylation is 1. The van der Waals surface area contributed by atoms with Crippen molar-refractivity contribution in [2.24, 2.45) is 0 Å². The lowest BCUT2D eigenvalue weighted by atomic mass is 10.1. The lowest BCUT2D eigenvalue weighted by Crippen LogP contribution is -2.06. The monoisotopic (exact) mass is 240 g/mol. The quantitative estimate of drug-likeness (QED) is 0.777. The average molecular weight is 240 g/mol. The van der Waals surface area contributed by atoms with Crippen molar-refractivity contribution in [2.75, 3.05) is 18.1 Å². The summed E-state index contributed by atoms with van der Waals surface area (Å²) >= 11 is 1.77. The van der Waals surface area contributed by atoms with Crippen LogP contribution in [0.25, 0.3) is 0 Å². The number of benzene rings is 1. The van der Waals surface area contributed by atoms with Gasteiger partial charge in [-0.05, 0) is 30.4 Å². The van der Waals surface area contributed by atoms with Gasteiger partial charge in [0.2, 0.25) is 0 Å². The van der Waals surface area contributed by atoms with Gasteiger partial charge < -0.3 is 9.84 Å². The van der Waals surface area contributed by atoms with Crippen LogP contribution in [0.3, 0.4) is 0 Å². The normalized spacial score (nSPS) is 10.1. The number of carboxylic acid groups (broad SMARTS) is 1. The SMILES string of the molecule is CCSCCOc1cc(C)ccc1C(=O)O. The molecule has 0 aliphatic rings. The van der Waals surface area contributed by atoms with E-state index in [-0.39, 0.29) is 5.56 Å². The molecular weight excluding hydrogens is 224 g/mol. The molecule has 0 radical (unpaired) electrons. The average Bonchev–Trinajstić information content (AvgIpc) is 2.24. The predicted octanol–water partition coefficient (Wildman–Crippen LogP) is 2.83. The molecule has 0 saturated carbocycles. The molecule has 3 nitrogen and oxygen atoms in total. The summed E-state index contributed by atoms with van der Waals surface area (Å²) in [6.45, 7) is 4.54. The molecule has 0 unspecified atom stereocenters. The molecule has 0 bridgehead atoms. The van der Waals surface area contributed by atoms with Gasteiger partial charge in [0.25, 0.3) is 0 Å². The van der Waals surface area contributed by atoms with E-state index in [1.807, 2.05) is 6.92 Å². The fourth-order valence-electron chi connectivity index (χ4n) is 1.28. The number of ether oxygens (including phenoxy) is 1. The molecule has 1 rings (SSSR count). The Morgan fingerprint density at radius 2 is 2.25 bits per heavy atom. The second-order valence-electron chi connectivity index (χ2n) is 3.35. The lowest BCUT2D eigenvalue weighted by Gasteiger charge is -2.09. The van der Waals surface area contributed by atoms with Crippen molar-refractivity contribution >= 4 is 17.7 Å². The first-order valence-corrected chi connectivity index (χ1v) is 6.35. The molecule has 0 atom stereocenters. The van der Waals surface area contributed by atoms with Crippen molar-refractivity contribution in [3.63, 3.8) is 0 Å².